The van der Waals surface area contributed by atoms with Gasteiger partial charge in [-0.15, -0.1) is 0 Å². The van der Waals surface area contributed by atoms with Gasteiger partial charge in [0, 0.05) is 18.3 Å². The maximum atomic E-state index is 13.6. The summed E-state index contributed by atoms with van der Waals surface area (Å²) in [5, 5.41) is 2.73. The van der Waals surface area contributed by atoms with Crippen LogP contribution in [0, 0.1) is 5.82 Å². The van der Waals surface area contributed by atoms with Crippen molar-refractivity contribution >= 4 is 34.9 Å². The molecule has 0 amide bonds. The number of aromatic nitrogens is 1. The molecule has 0 aliphatic rings. The second kappa shape index (κ2) is 8.66. The molecule has 126 valence electrons. The highest BCUT2D eigenvalue weighted by atomic mass is 35.5. The molecule has 0 aliphatic carbocycles. The predicted octanol–water partition coefficient (Wildman–Crippen LogP) is 4.63. The Hall–Kier alpha value is -2.11. The smallest absolute Gasteiger partial charge is 0.335 e. The largest absolute Gasteiger partial charge is 0.463 e. The third kappa shape index (κ3) is 4.94. The molecule has 0 spiro atoms. The van der Waals surface area contributed by atoms with E-state index in [0.717, 1.165) is 11.8 Å². The number of pyridine rings is 1. The number of benzene rings is 1. The summed E-state index contributed by atoms with van der Waals surface area (Å²) in [6.45, 7) is 1.93. The van der Waals surface area contributed by atoms with E-state index in [9.17, 15) is 9.18 Å². The van der Waals surface area contributed by atoms with Gasteiger partial charge < -0.3 is 10.1 Å². The molecule has 0 bridgehead atoms. The molecule has 0 unspecified atom stereocenters. The van der Waals surface area contributed by atoms with Crippen LogP contribution in [0.5, 0.6) is 0 Å². The normalized spacial score (nSPS) is 11.2. The van der Waals surface area contributed by atoms with E-state index in [1.165, 1.54) is 6.20 Å². The minimum Gasteiger partial charge on any atom is -0.463 e. The summed E-state index contributed by atoms with van der Waals surface area (Å²) in [5.41, 5.74) is 1.42. The molecule has 2 rings (SSSR count). The van der Waals surface area contributed by atoms with Gasteiger partial charge in [0.1, 0.15) is 5.15 Å². The number of esters is 1. The SMILES string of the molecule is CCOC(=O)/C(=C/Nc1ccccc1)Cc1cc(F)c(Cl)nc1Cl. The Kier molecular flexibility index (Phi) is 6.58. The van der Waals surface area contributed by atoms with Crippen LogP contribution in [-0.2, 0) is 16.0 Å². The molecule has 2 aromatic rings. The minimum absolute atomic E-state index is 0.0382. The number of para-hydroxylation sites is 1. The number of rotatable bonds is 6. The van der Waals surface area contributed by atoms with Crippen LogP contribution in [0.3, 0.4) is 0 Å². The number of anilines is 1. The monoisotopic (exact) mass is 368 g/mol. The Labute approximate surface area is 149 Å². The van der Waals surface area contributed by atoms with Crippen LogP contribution < -0.4 is 5.32 Å². The van der Waals surface area contributed by atoms with Crippen molar-refractivity contribution in [2.75, 3.05) is 11.9 Å². The number of ether oxygens (including phenoxy) is 1. The number of carbonyl (C=O) groups is 1. The fourth-order valence-electron chi connectivity index (χ4n) is 1.92. The summed E-state index contributed by atoms with van der Waals surface area (Å²) in [7, 11) is 0. The van der Waals surface area contributed by atoms with Crippen LogP contribution in [-0.4, -0.2) is 17.6 Å². The first kappa shape index (κ1) is 18.2. The van der Waals surface area contributed by atoms with Crippen molar-refractivity contribution in [2.24, 2.45) is 0 Å². The maximum absolute atomic E-state index is 13.6. The lowest BCUT2D eigenvalue weighted by atomic mass is 10.1. The Bertz CT molecular complexity index is 752. The summed E-state index contributed by atoms with van der Waals surface area (Å²) in [5.74, 6) is -1.22. The molecule has 0 saturated heterocycles. The van der Waals surface area contributed by atoms with Crippen LogP contribution in [0.4, 0.5) is 10.1 Å². The second-order valence-electron chi connectivity index (χ2n) is 4.79. The third-order valence-corrected chi connectivity index (χ3v) is 3.66. The molecular formula is C17H15Cl2FN2O2. The van der Waals surface area contributed by atoms with Gasteiger partial charge in [-0.3, -0.25) is 0 Å². The average molecular weight is 369 g/mol. The molecule has 4 nitrogen and oxygen atoms in total. The maximum Gasteiger partial charge on any atom is 0.335 e. The lowest BCUT2D eigenvalue weighted by molar-refractivity contribution is -0.138. The van der Waals surface area contributed by atoms with Gasteiger partial charge in [-0.05, 0) is 30.7 Å². The number of hydrogen-bond acceptors (Lipinski definition) is 4. The summed E-state index contributed by atoms with van der Waals surface area (Å²) in [4.78, 5) is 15.8. The summed E-state index contributed by atoms with van der Waals surface area (Å²) in [6.07, 6.45) is 1.56. The van der Waals surface area contributed by atoms with Gasteiger partial charge in [-0.2, -0.15) is 0 Å². The molecule has 1 heterocycles. The number of nitrogens with zero attached hydrogens (tertiary/aromatic N) is 1. The molecule has 0 radical (unpaired) electrons. The average Bonchev–Trinajstić information content (AvgIpc) is 2.57. The number of carbonyl (C=O) groups excluding carboxylic acids is 1. The fraction of sp³-hybridized carbons (Fsp3) is 0.176. The molecular weight excluding hydrogens is 354 g/mol. The van der Waals surface area contributed by atoms with Crippen LogP contribution in [0.25, 0.3) is 0 Å². The quantitative estimate of drug-likeness (QED) is 0.458. The van der Waals surface area contributed by atoms with E-state index >= 15 is 0 Å². The van der Waals surface area contributed by atoms with Crippen molar-refractivity contribution in [1.29, 1.82) is 0 Å². The van der Waals surface area contributed by atoms with Crippen molar-refractivity contribution in [3.05, 3.63) is 69.9 Å². The standard InChI is InChI=1S/C17H15Cl2FN2O2/c1-2-24-17(23)12(10-21-13-6-4-3-5-7-13)8-11-9-14(20)16(19)22-15(11)18/h3-7,9-10,21H,2,8H2,1H3/b12-10+. The molecule has 0 aliphatic heterocycles. The molecule has 1 aromatic heterocycles. The highest BCUT2D eigenvalue weighted by Gasteiger charge is 2.16. The Morgan fingerprint density at radius 1 is 1.29 bits per heavy atom. The van der Waals surface area contributed by atoms with E-state index in [0.29, 0.717) is 5.56 Å². The van der Waals surface area contributed by atoms with Crippen molar-refractivity contribution in [2.45, 2.75) is 13.3 Å². The van der Waals surface area contributed by atoms with E-state index in [1.54, 1.807) is 6.92 Å². The Morgan fingerprint density at radius 3 is 2.67 bits per heavy atom. The second-order valence-corrected chi connectivity index (χ2v) is 5.50. The predicted molar refractivity (Wildman–Crippen MR) is 92.7 cm³/mol. The highest BCUT2D eigenvalue weighted by Crippen LogP contribution is 2.23. The zero-order chi connectivity index (χ0) is 17.5. The van der Waals surface area contributed by atoms with Crippen LogP contribution in [0.2, 0.25) is 10.3 Å². The van der Waals surface area contributed by atoms with E-state index in [1.807, 2.05) is 30.3 Å². The van der Waals surface area contributed by atoms with Crippen LogP contribution in [0.1, 0.15) is 12.5 Å². The van der Waals surface area contributed by atoms with Crippen LogP contribution >= 0.6 is 23.2 Å². The van der Waals surface area contributed by atoms with Gasteiger partial charge in [0.25, 0.3) is 0 Å². The van der Waals surface area contributed by atoms with E-state index in [-0.39, 0.29) is 28.9 Å². The third-order valence-electron chi connectivity index (χ3n) is 3.06. The first-order valence-corrected chi connectivity index (χ1v) is 7.95. The van der Waals surface area contributed by atoms with Crippen molar-refractivity contribution in [1.82, 2.24) is 4.98 Å². The van der Waals surface area contributed by atoms with Crippen LogP contribution in [0.15, 0.2) is 48.2 Å². The zero-order valence-electron chi connectivity index (χ0n) is 12.9. The molecule has 24 heavy (non-hydrogen) atoms. The van der Waals surface area contributed by atoms with E-state index < -0.39 is 11.8 Å². The lowest BCUT2D eigenvalue weighted by Gasteiger charge is -2.10. The van der Waals surface area contributed by atoms with E-state index in [2.05, 4.69) is 10.3 Å². The Morgan fingerprint density at radius 2 is 2.00 bits per heavy atom. The first-order chi connectivity index (χ1) is 11.5. The number of halogens is 3. The molecule has 1 N–H and O–H groups in total. The van der Waals surface area contributed by atoms with Gasteiger partial charge in [-0.25, -0.2) is 14.2 Å². The first-order valence-electron chi connectivity index (χ1n) is 7.19. The number of hydrogen-bond donors (Lipinski definition) is 1. The molecule has 0 atom stereocenters. The zero-order valence-corrected chi connectivity index (χ0v) is 14.4. The Balaban J connectivity index is 2.26. The fourth-order valence-corrected chi connectivity index (χ4v) is 2.31. The van der Waals surface area contributed by atoms with Crippen molar-refractivity contribution in [3.8, 4) is 0 Å². The van der Waals surface area contributed by atoms with Crippen molar-refractivity contribution in [3.63, 3.8) is 0 Å². The van der Waals surface area contributed by atoms with Crippen molar-refractivity contribution < 1.29 is 13.9 Å². The number of nitrogens with one attached hydrogen (secondary N) is 1. The lowest BCUT2D eigenvalue weighted by Crippen LogP contribution is -2.12. The van der Waals surface area contributed by atoms with Gasteiger partial charge >= 0.3 is 5.97 Å². The summed E-state index contributed by atoms with van der Waals surface area (Å²) in [6, 6.07) is 10.4. The highest BCUT2D eigenvalue weighted by molar-refractivity contribution is 6.33. The molecule has 7 heteroatoms. The molecule has 0 fully saturated rings. The van der Waals surface area contributed by atoms with Gasteiger partial charge in [0.15, 0.2) is 11.0 Å². The molecule has 0 saturated carbocycles. The van der Waals surface area contributed by atoms with Gasteiger partial charge in [-0.1, -0.05) is 41.4 Å². The van der Waals surface area contributed by atoms with Gasteiger partial charge in [0.05, 0.1) is 12.2 Å². The summed E-state index contributed by atoms with van der Waals surface area (Å²) < 4.78 is 18.6. The van der Waals surface area contributed by atoms with E-state index in [4.69, 9.17) is 27.9 Å². The molecule has 1 aromatic carbocycles. The summed E-state index contributed by atoms with van der Waals surface area (Å²) >= 11 is 11.6. The van der Waals surface area contributed by atoms with Gasteiger partial charge in [0.2, 0.25) is 0 Å². The minimum atomic E-state index is -0.699. The topological polar surface area (TPSA) is 51.2 Å².